The number of carboxylic acid groups (broad SMARTS) is 1. The maximum Gasteiger partial charge on any atom is 0.315 e. The number of phenols is 1. The standard InChI is InChI=1S/C23H25N3O5.CH5N/c24-14-25-11-1-2-12-26-20(28)10-4-15-3-9-19-18(13-15)21(23(29)30)22(31-19)16-5-7-17(27)8-6-16;1-2/h3-10,13-14,21-22,27H,1-2,11-12H2,(H2,24,25)(H,26,28)(H,29,30);2H2,1H3/b10-4+;. The number of amides is 1. The van der Waals surface area contributed by atoms with Crippen LogP contribution < -0.4 is 21.5 Å². The Hall–Kier alpha value is -3.85. The van der Waals surface area contributed by atoms with Gasteiger partial charge in [-0.05, 0) is 61.4 Å². The van der Waals surface area contributed by atoms with E-state index in [0.717, 1.165) is 12.8 Å². The Morgan fingerprint density at radius 2 is 1.88 bits per heavy atom. The fourth-order valence-electron chi connectivity index (χ4n) is 3.42. The number of fused-ring (bicyclic) bond motifs is 1. The Balaban J connectivity index is 0.00000187. The number of unbranched alkanes of at least 4 members (excludes halogenated alkanes) is 1. The van der Waals surface area contributed by atoms with Gasteiger partial charge in [0.2, 0.25) is 5.91 Å². The lowest BCUT2D eigenvalue weighted by Gasteiger charge is -2.16. The second-order valence-electron chi connectivity index (χ2n) is 7.13. The van der Waals surface area contributed by atoms with Crippen LogP contribution in [0.1, 0.15) is 41.6 Å². The Labute approximate surface area is 192 Å². The van der Waals surface area contributed by atoms with Crippen molar-refractivity contribution in [3.8, 4) is 11.5 Å². The lowest BCUT2D eigenvalue weighted by atomic mass is 9.90. The van der Waals surface area contributed by atoms with Gasteiger partial charge in [-0.3, -0.25) is 14.6 Å². The fourth-order valence-corrected chi connectivity index (χ4v) is 3.42. The summed E-state index contributed by atoms with van der Waals surface area (Å²) in [4.78, 5) is 27.9. The smallest absolute Gasteiger partial charge is 0.315 e. The van der Waals surface area contributed by atoms with Gasteiger partial charge >= 0.3 is 5.97 Å². The quantitative estimate of drug-likeness (QED) is 0.168. The van der Waals surface area contributed by atoms with Crippen LogP contribution >= 0.6 is 0 Å². The van der Waals surface area contributed by atoms with E-state index in [1.165, 1.54) is 31.6 Å². The molecule has 2 unspecified atom stereocenters. The molecule has 176 valence electrons. The van der Waals surface area contributed by atoms with Crippen LogP contribution in [0.5, 0.6) is 11.5 Å². The second-order valence-corrected chi connectivity index (χ2v) is 7.13. The van der Waals surface area contributed by atoms with E-state index in [4.69, 9.17) is 10.5 Å². The first-order chi connectivity index (χ1) is 16.0. The average molecular weight is 455 g/mol. The normalized spacial score (nSPS) is 16.7. The number of nitrogens with two attached hydrogens (primary N) is 2. The molecule has 9 heteroatoms. The number of benzene rings is 2. The van der Waals surface area contributed by atoms with Gasteiger partial charge in [0.05, 0.1) is 6.34 Å². The topological polar surface area (TPSA) is 160 Å². The fraction of sp³-hybridized carbons (Fsp3) is 0.292. The number of nitrogens with zero attached hydrogens (tertiary/aromatic N) is 1. The number of carboxylic acids is 1. The number of hydrogen-bond acceptors (Lipinski definition) is 6. The molecule has 9 nitrogen and oxygen atoms in total. The third-order valence-corrected chi connectivity index (χ3v) is 4.96. The van der Waals surface area contributed by atoms with Crippen molar-refractivity contribution in [3.05, 3.63) is 65.2 Å². The van der Waals surface area contributed by atoms with Gasteiger partial charge in [-0.15, -0.1) is 0 Å². The van der Waals surface area contributed by atoms with Crippen LogP contribution in [0, 0.1) is 0 Å². The summed E-state index contributed by atoms with van der Waals surface area (Å²) in [6, 6.07) is 11.5. The summed E-state index contributed by atoms with van der Waals surface area (Å²) in [6.07, 6.45) is 5.27. The van der Waals surface area contributed by atoms with E-state index in [-0.39, 0.29) is 11.7 Å². The molecule has 2 aromatic carbocycles. The lowest BCUT2D eigenvalue weighted by Crippen LogP contribution is -2.22. The molecule has 7 N–H and O–H groups in total. The van der Waals surface area contributed by atoms with Gasteiger partial charge < -0.3 is 31.7 Å². The number of phenolic OH excluding ortho intramolecular Hbond substituents is 1. The summed E-state index contributed by atoms with van der Waals surface area (Å²) >= 11 is 0. The van der Waals surface area contributed by atoms with Crippen LogP contribution in [0.25, 0.3) is 6.08 Å². The summed E-state index contributed by atoms with van der Waals surface area (Å²) in [5.74, 6) is -1.53. The van der Waals surface area contributed by atoms with Crippen molar-refractivity contribution in [2.45, 2.75) is 24.9 Å². The highest BCUT2D eigenvalue weighted by molar-refractivity contribution is 5.91. The van der Waals surface area contributed by atoms with Gasteiger partial charge in [0.25, 0.3) is 0 Å². The Morgan fingerprint density at radius 1 is 1.15 bits per heavy atom. The van der Waals surface area contributed by atoms with Gasteiger partial charge in [0, 0.05) is 24.7 Å². The lowest BCUT2D eigenvalue weighted by molar-refractivity contribution is -0.140. The number of hydrogen-bond donors (Lipinski definition) is 5. The van der Waals surface area contributed by atoms with E-state index >= 15 is 0 Å². The van der Waals surface area contributed by atoms with Crippen molar-refractivity contribution in [2.75, 3.05) is 20.1 Å². The van der Waals surface area contributed by atoms with Crippen LogP contribution in [-0.2, 0) is 9.59 Å². The minimum atomic E-state index is -1.00. The molecule has 3 rings (SSSR count). The number of rotatable bonds is 9. The van der Waals surface area contributed by atoms with Crippen molar-refractivity contribution >= 4 is 24.3 Å². The van der Waals surface area contributed by atoms with E-state index in [1.54, 1.807) is 36.4 Å². The van der Waals surface area contributed by atoms with E-state index in [2.05, 4.69) is 16.0 Å². The number of nitrogens with one attached hydrogen (secondary N) is 1. The van der Waals surface area contributed by atoms with Gasteiger partial charge in [0.15, 0.2) is 0 Å². The van der Waals surface area contributed by atoms with E-state index in [0.29, 0.717) is 35.5 Å². The van der Waals surface area contributed by atoms with Crippen LogP contribution in [0.4, 0.5) is 0 Å². The van der Waals surface area contributed by atoms with Crippen LogP contribution in [0.3, 0.4) is 0 Å². The highest BCUT2D eigenvalue weighted by Crippen LogP contribution is 2.46. The molecule has 0 radical (unpaired) electrons. The van der Waals surface area contributed by atoms with E-state index in [9.17, 15) is 19.8 Å². The number of aromatic hydroxyl groups is 1. The first-order valence-corrected chi connectivity index (χ1v) is 10.6. The van der Waals surface area contributed by atoms with Crippen molar-refractivity contribution in [1.29, 1.82) is 0 Å². The number of aliphatic imine (C=N–C) groups is 1. The molecule has 0 aliphatic carbocycles. The van der Waals surface area contributed by atoms with Crippen molar-refractivity contribution in [1.82, 2.24) is 5.32 Å². The molecule has 0 saturated heterocycles. The molecule has 0 bridgehead atoms. The molecule has 1 heterocycles. The molecular weight excluding hydrogens is 424 g/mol. The number of carbonyl (C=O) groups is 2. The van der Waals surface area contributed by atoms with Crippen molar-refractivity contribution in [3.63, 3.8) is 0 Å². The molecule has 0 aromatic heterocycles. The van der Waals surface area contributed by atoms with Crippen LogP contribution in [0.15, 0.2) is 53.5 Å². The zero-order valence-electron chi connectivity index (χ0n) is 18.5. The van der Waals surface area contributed by atoms with Gasteiger partial charge in [0.1, 0.15) is 23.5 Å². The first-order valence-electron chi connectivity index (χ1n) is 10.6. The molecule has 2 aromatic rings. The minimum Gasteiger partial charge on any atom is -0.508 e. The van der Waals surface area contributed by atoms with Gasteiger partial charge in [-0.25, -0.2) is 0 Å². The monoisotopic (exact) mass is 454 g/mol. The van der Waals surface area contributed by atoms with Crippen LogP contribution in [-0.4, -0.2) is 48.6 Å². The molecule has 1 amide bonds. The molecule has 33 heavy (non-hydrogen) atoms. The summed E-state index contributed by atoms with van der Waals surface area (Å²) in [5.41, 5.74) is 11.6. The predicted octanol–water partition coefficient (Wildman–Crippen LogP) is 2.17. The first kappa shape index (κ1) is 25.4. The highest BCUT2D eigenvalue weighted by Gasteiger charge is 2.40. The maximum atomic E-state index is 12.0. The van der Waals surface area contributed by atoms with Crippen LogP contribution in [0.2, 0.25) is 0 Å². The zero-order chi connectivity index (χ0) is 24.2. The van der Waals surface area contributed by atoms with Crippen molar-refractivity contribution in [2.24, 2.45) is 16.5 Å². The molecule has 2 atom stereocenters. The molecule has 1 aliphatic rings. The SMILES string of the molecule is CN.NC=NCCCCNC(=O)/C=C/c1ccc2c(c1)C(C(=O)O)C(c1ccc(O)cc1)O2. The Bertz CT molecular complexity index is 989. The van der Waals surface area contributed by atoms with E-state index < -0.39 is 18.0 Å². The molecule has 0 spiro atoms. The predicted molar refractivity (Wildman–Crippen MR) is 127 cm³/mol. The average Bonchev–Trinajstić information content (AvgIpc) is 3.21. The Kier molecular flexibility index (Phi) is 9.91. The van der Waals surface area contributed by atoms with Crippen molar-refractivity contribution < 1.29 is 24.5 Å². The number of ether oxygens (including phenoxy) is 1. The number of carbonyl (C=O) groups excluding carboxylic acids is 1. The summed E-state index contributed by atoms with van der Waals surface area (Å²) in [5, 5.41) is 22.1. The van der Waals surface area contributed by atoms with Gasteiger partial charge in [-0.2, -0.15) is 0 Å². The summed E-state index contributed by atoms with van der Waals surface area (Å²) < 4.78 is 5.90. The largest absolute Gasteiger partial charge is 0.508 e. The third kappa shape index (κ3) is 7.08. The zero-order valence-corrected chi connectivity index (χ0v) is 18.5. The van der Waals surface area contributed by atoms with Gasteiger partial charge in [-0.1, -0.05) is 18.2 Å². The minimum absolute atomic E-state index is 0.0981. The summed E-state index contributed by atoms with van der Waals surface area (Å²) in [6.45, 7) is 1.17. The molecule has 1 aliphatic heterocycles. The molecule has 0 saturated carbocycles. The van der Waals surface area contributed by atoms with E-state index in [1.807, 2.05) is 0 Å². The maximum absolute atomic E-state index is 12.0. The molecule has 0 fully saturated rings. The Morgan fingerprint density at radius 3 is 2.55 bits per heavy atom. The highest BCUT2D eigenvalue weighted by atomic mass is 16.5. The third-order valence-electron chi connectivity index (χ3n) is 4.96. The molecular formula is C24H30N4O5. The number of aliphatic carboxylic acids is 1. The second kappa shape index (κ2) is 12.9. The summed E-state index contributed by atoms with van der Waals surface area (Å²) in [7, 11) is 1.50.